The number of carbonyl (C=O) groups excluding carboxylic acids is 1. The Hall–Kier alpha value is -3.05. The fourth-order valence-corrected chi connectivity index (χ4v) is 5.06. The van der Waals surface area contributed by atoms with Crippen LogP contribution >= 0.6 is 0 Å². The summed E-state index contributed by atoms with van der Waals surface area (Å²) in [5.41, 5.74) is 2.27. The van der Waals surface area contributed by atoms with Crippen molar-refractivity contribution in [1.82, 2.24) is 10.6 Å². The number of benzene rings is 2. The lowest BCUT2D eigenvalue weighted by atomic mass is 9.87. The van der Waals surface area contributed by atoms with Gasteiger partial charge in [-0.15, -0.1) is 0 Å². The van der Waals surface area contributed by atoms with Crippen molar-refractivity contribution in [3.63, 3.8) is 0 Å². The zero-order chi connectivity index (χ0) is 30.2. The van der Waals surface area contributed by atoms with Gasteiger partial charge in [-0.1, -0.05) is 60.4 Å². The molecule has 41 heavy (non-hydrogen) atoms. The van der Waals surface area contributed by atoms with Crippen LogP contribution in [-0.2, 0) is 20.2 Å². The Morgan fingerprint density at radius 2 is 1.61 bits per heavy atom. The van der Waals surface area contributed by atoms with Crippen molar-refractivity contribution in [3.05, 3.63) is 59.7 Å². The summed E-state index contributed by atoms with van der Waals surface area (Å²) < 4.78 is 94.9. The van der Waals surface area contributed by atoms with Crippen LogP contribution in [0, 0.1) is 17.8 Å². The largest absolute Gasteiger partial charge is 0.422 e. The van der Waals surface area contributed by atoms with Crippen LogP contribution in [0.5, 0.6) is 0 Å². The summed E-state index contributed by atoms with van der Waals surface area (Å²) in [5.74, 6) is 2.76. The molecule has 5 N–H and O–H groups in total. The van der Waals surface area contributed by atoms with E-state index in [0.29, 0.717) is 36.8 Å². The molecular formula is C28H30F5N3O4S. The first-order valence-electron chi connectivity index (χ1n) is 12.8. The minimum atomic E-state index is -5.08. The highest BCUT2D eigenvalue weighted by atomic mass is 32.2. The predicted molar refractivity (Wildman–Crippen MR) is 142 cm³/mol. The molecule has 222 valence electrons. The van der Waals surface area contributed by atoms with Crippen molar-refractivity contribution in [1.29, 1.82) is 0 Å². The first-order chi connectivity index (χ1) is 19.0. The van der Waals surface area contributed by atoms with Crippen LogP contribution in [0.4, 0.5) is 22.0 Å². The number of carbonyl (C=O) groups is 1. The van der Waals surface area contributed by atoms with E-state index in [1.165, 1.54) is 48.5 Å². The molecule has 2 aliphatic carbocycles. The molecule has 0 radical (unpaired) electrons. The number of nitrogens with one attached hydrogen (secondary N) is 2. The number of aliphatic hydroxyl groups excluding tert-OH is 1. The molecule has 0 aromatic heterocycles. The number of nitrogens with two attached hydrogens (primary N) is 1. The van der Waals surface area contributed by atoms with Crippen LogP contribution in [-0.4, -0.2) is 55.7 Å². The Kier molecular flexibility index (Phi) is 8.53. The van der Waals surface area contributed by atoms with Crippen LogP contribution in [0.15, 0.2) is 48.5 Å². The normalized spacial score (nSPS) is 19.4. The fraction of sp³-hybridized carbons (Fsp3) is 0.464. The summed E-state index contributed by atoms with van der Waals surface area (Å²) in [5, 5.41) is 14.2. The van der Waals surface area contributed by atoms with Gasteiger partial charge in [-0.3, -0.25) is 10.1 Å². The number of hydrogen-bond acceptors (Lipinski definition) is 6. The smallest absolute Gasteiger partial charge is 0.382 e. The molecule has 2 aromatic rings. The molecular weight excluding hydrogens is 569 g/mol. The number of aliphatic hydroxyl groups is 1. The van der Waals surface area contributed by atoms with Crippen LogP contribution in [0.3, 0.4) is 0 Å². The summed E-state index contributed by atoms with van der Waals surface area (Å²) in [6.07, 6.45) is -7.17. The number of amides is 1. The van der Waals surface area contributed by atoms with E-state index in [1.807, 2.05) is 0 Å². The van der Waals surface area contributed by atoms with Gasteiger partial charge in [0.1, 0.15) is 22.0 Å². The standard InChI is InChI=1S/C28H30F5N3O4S/c1-41(39,40)16-22(25(38)36-26(34)14-15-26)35-27(28(31,32)33,13-12-17-2-3-17)21-10-8-19(9-11-21)18-4-6-20(7-5-18)23(37)24(29)30/h4-11,17,22-24,35,37H,2-3,14-16,34H2,1H3,(H,36,38)/t22-,23+,27-/m0/s1. The number of sulfone groups is 1. The monoisotopic (exact) mass is 599 g/mol. The Morgan fingerprint density at radius 1 is 1.07 bits per heavy atom. The second-order valence-electron chi connectivity index (χ2n) is 10.7. The highest BCUT2D eigenvalue weighted by molar-refractivity contribution is 7.90. The maximum Gasteiger partial charge on any atom is 0.422 e. The molecule has 0 spiro atoms. The summed E-state index contributed by atoms with van der Waals surface area (Å²) in [6.45, 7) is 0. The van der Waals surface area contributed by atoms with Gasteiger partial charge in [-0.25, -0.2) is 17.2 Å². The first-order valence-corrected chi connectivity index (χ1v) is 14.9. The minimum absolute atomic E-state index is 0.0170. The van der Waals surface area contributed by atoms with Crippen molar-refractivity contribution >= 4 is 15.7 Å². The van der Waals surface area contributed by atoms with E-state index in [1.54, 1.807) is 0 Å². The van der Waals surface area contributed by atoms with Crippen molar-refractivity contribution in [2.45, 2.75) is 61.6 Å². The molecule has 0 unspecified atom stereocenters. The highest BCUT2D eigenvalue weighted by Crippen LogP contribution is 2.41. The van der Waals surface area contributed by atoms with Crippen LogP contribution < -0.4 is 16.4 Å². The Balaban J connectivity index is 1.73. The molecule has 2 aromatic carbocycles. The predicted octanol–water partition coefficient (Wildman–Crippen LogP) is 3.39. The molecule has 0 heterocycles. The maximum atomic E-state index is 15.0. The molecule has 13 heteroatoms. The average Bonchev–Trinajstić information content (AvgIpc) is 3.82. The van der Waals surface area contributed by atoms with Gasteiger partial charge in [0.05, 0.1) is 11.4 Å². The number of halogens is 5. The lowest BCUT2D eigenvalue weighted by Crippen LogP contribution is -2.63. The molecule has 2 saturated carbocycles. The van der Waals surface area contributed by atoms with Gasteiger partial charge in [-0.2, -0.15) is 13.2 Å². The lowest BCUT2D eigenvalue weighted by Gasteiger charge is -2.36. The maximum absolute atomic E-state index is 15.0. The fourth-order valence-electron chi connectivity index (χ4n) is 4.22. The van der Waals surface area contributed by atoms with Gasteiger partial charge in [-0.05, 0) is 47.9 Å². The molecule has 4 rings (SSSR count). The van der Waals surface area contributed by atoms with E-state index < -0.39 is 57.4 Å². The Labute approximate surface area is 234 Å². The zero-order valence-corrected chi connectivity index (χ0v) is 22.8. The van der Waals surface area contributed by atoms with Crippen molar-refractivity contribution in [2.75, 3.05) is 12.0 Å². The third-order valence-electron chi connectivity index (χ3n) is 6.95. The second-order valence-corrected chi connectivity index (χ2v) is 12.9. The van der Waals surface area contributed by atoms with Gasteiger partial charge in [0.15, 0.2) is 0 Å². The first kappa shape index (κ1) is 30.9. The van der Waals surface area contributed by atoms with E-state index in [9.17, 15) is 40.3 Å². The van der Waals surface area contributed by atoms with Crippen molar-refractivity contribution in [2.24, 2.45) is 11.7 Å². The van der Waals surface area contributed by atoms with E-state index in [2.05, 4.69) is 22.5 Å². The molecule has 0 bridgehead atoms. The number of alkyl halides is 5. The third kappa shape index (κ3) is 7.62. The lowest BCUT2D eigenvalue weighted by molar-refractivity contribution is -0.184. The van der Waals surface area contributed by atoms with Gasteiger partial charge in [0.2, 0.25) is 11.4 Å². The topological polar surface area (TPSA) is 122 Å². The molecule has 1 amide bonds. The van der Waals surface area contributed by atoms with E-state index in [0.717, 1.165) is 6.26 Å². The molecule has 2 aliphatic rings. The Bertz CT molecular complexity index is 1430. The summed E-state index contributed by atoms with van der Waals surface area (Å²) in [4.78, 5) is 13.0. The van der Waals surface area contributed by atoms with Crippen LogP contribution in [0.25, 0.3) is 11.1 Å². The van der Waals surface area contributed by atoms with Crippen molar-refractivity contribution in [3.8, 4) is 23.0 Å². The molecule has 2 fully saturated rings. The Morgan fingerprint density at radius 3 is 2.05 bits per heavy atom. The molecule has 7 nitrogen and oxygen atoms in total. The van der Waals surface area contributed by atoms with E-state index in [4.69, 9.17) is 5.73 Å². The minimum Gasteiger partial charge on any atom is -0.382 e. The number of rotatable bonds is 10. The van der Waals surface area contributed by atoms with Gasteiger partial charge in [0, 0.05) is 12.2 Å². The number of hydrogen-bond donors (Lipinski definition) is 4. The zero-order valence-electron chi connectivity index (χ0n) is 22.0. The van der Waals surface area contributed by atoms with E-state index >= 15 is 0 Å². The summed E-state index contributed by atoms with van der Waals surface area (Å²) in [6, 6.07) is 8.74. The third-order valence-corrected chi connectivity index (χ3v) is 7.88. The van der Waals surface area contributed by atoms with Crippen LogP contribution in [0.2, 0.25) is 0 Å². The average molecular weight is 600 g/mol. The molecule has 0 aliphatic heterocycles. The van der Waals surface area contributed by atoms with E-state index in [-0.39, 0.29) is 17.0 Å². The quantitative estimate of drug-likeness (QED) is 0.189. The highest BCUT2D eigenvalue weighted by Gasteiger charge is 2.57. The van der Waals surface area contributed by atoms with Crippen LogP contribution in [0.1, 0.15) is 42.9 Å². The van der Waals surface area contributed by atoms with Gasteiger partial charge in [0.25, 0.3) is 6.43 Å². The summed E-state index contributed by atoms with van der Waals surface area (Å²) >= 11 is 0. The van der Waals surface area contributed by atoms with Gasteiger partial charge >= 0.3 is 6.18 Å². The van der Waals surface area contributed by atoms with Gasteiger partial charge < -0.3 is 16.2 Å². The summed E-state index contributed by atoms with van der Waals surface area (Å²) in [7, 11) is -3.92. The second kappa shape index (κ2) is 11.3. The molecule has 3 atom stereocenters. The van der Waals surface area contributed by atoms with Crippen molar-refractivity contribution < 1.29 is 40.3 Å². The SMILES string of the molecule is CS(=O)(=O)C[C@H](N[C@@](C#CC1CC1)(c1ccc(-c2ccc([C@@H](O)C(F)F)cc2)cc1)C(F)(F)F)C(=O)NC1(N)CC1. The molecule has 0 saturated heterocycles.